The Balaban J connectivity index is 2.07. The molecule has 1 aromatic rings. The molecule has 1 heterocycles. The van der Waals surface area contributed by atoms with E-state index in [0.717, 1.165) is 23.6 Å². The molecule has 1 amide bonds. The number of nitrogens with zero attached hydrogens (tertiary/aromatic N) is 1. The Labute approximate surface area is 127 Å². The van der Waals surface area contributed by atoms with Gasteiger partial charge in [0.2, 0.25) is 5.91 Å². The van der Waals surface area contributed by atoms with Crippen molar-refractivity contribution >= 4 is 29.0 Å². The molecular formula is C13H22N2O3S2. The molecule has 0 aliphatic carbocycles. The summed E-state index contributed by atoms with van der Waals surface area (Å²) in [5.41, 5.74) is 0.959. The number of aromatic nitrogens is 1. The topological polar surface area (TPSA) is 71.3 Å². The third-order valence-corrected chi connectivity index (χ3v) is 4.73. The Bertz CT molecular complexity index is 457. The number of carbonyl (C=O) groups excluding carboxylic acids is 1. The van der Waals surface area contributed by atoms with Gasteiger partial charge >= 0.3 is 4.87 Å². The van der Waals surface area contributed by atoms with Crippen LogP contribution in [0.5, 0.6) is 0 Å². The van der Waals surface area contributed by atoms with E-state index in [-0.39, 0.29) is 17.4 Å². The van der Waals surface area contributed by atoms with Gasteiger partial charge in [-0.2, -0.15) is 11.8 Å². The van der Waals surface area contributed by atoms with E-state index in [1.807, 2.05) is 12.3 Å². The van der Waals surface area contributed by atoms with E-state index < -0.39 is 0 Å². The van der Waals surface area contributed by atoms with Crippen molar-refractivity contribution in [1.29, 1.82) is 0 Å². The van der Waals surface area contributed by atoms with Gasteiger partial charge in [-0.05, 0) is 25.5 Å². The van der Waals surface area contributed by atoms with Crippen LogP contribution in [-0.4, -0.2) is 40.2 Å². The zero-order valence-electron chi connectivity index (χ0n) is 11.8. The number of nitrogens with one attached hydrogen (secondary N) is 1. The first-order chi connectivity index (χ1) is 9.65. The molecule has 0 fully saturated rings. The first-order valence-corrected chi connectivity index (χ1v) is 8.79. The van der Waals surface area contributed by atoms with Gasteiger partial charge in [0.25, 0.3) is 0 Å². The fourth-order valence-electron chi connectivity index (χ4n) is 1.69. The molecule has 0 aliphatic rings. The lowest BCUT2D eigenvalue weighted by atomic mass is 10.3. The minimum absolute atomic E-state index is 0.0358. The third-order valence-electron chi connectivity index (χ3n) is 2.78. The molecule has 0 atom stereocenters. The van der Waals surface area contributed by atoms with E-state index in [0.29, 0.717) is 25.9 Å². The number of aliphatic hydroxyl groups is 1. The molecule has 0 saturated carbocycles. The summed E-state index contributed by atoms with van der Waals surface area (Å²) < 4.78 is 1.71. The van der Waals surface area contributed by atoms with Crippen LogP contribution in [0.3, 0.4) is 0 Å². The predicted octanol–water partition coefficient (Wildman–Crippen LogP) is 1.23. The summed E-state index contributed by atoms with van der Waals surface area (Å²) in [6, 6.07) is 0. The van der Waals surface area contributed by atoms with Gasteiger partial charge in [-0.1, -0.05) is 11.3 Å². The maximum atomic E-state index is 11.6. The van der Waals surface area contributed by atoms with Crippen LogP contribution in [0, 0.1) is 6.92 Å². The number of hydrogen-bond donors (Lipinski definition) is 2. The van der Waals surface area contributed by atoms with Gasteiger partial charge in [0.15, 0.2) is 0 Å². The predicted molar refractivity (Wildman–Crippen MR) is 84.6 cm³/mol. The largest absolute Gasteiger partial charge is 0.396 e. The van der Waals surface area contributed by atoms with Crippen molar-refractivity contribution in [3.63, 3.8) is 0 Å². The van der Waals surface area contributed by atoms with Gasteiger partial charge in [-0.15, -0.1) is 0 Å². The average molecular weight is 318 g/mol. The minimum atomic E-state index is 0.0358. The summed E-state index contributed by atoms with van der Waals surface area (Å²) >= 11 is 2.93. The number of thioether (sulfide) groups is 1. The highest BCUT2D eigenvalue weighted by atomic mass is 32.2. The molecule has 0 unspecified atom stereocenters. The summed E-state index contributed by atoms with van der Waals surface area (Å²) in [5.74, 6) is 1.83. The van der Waals surface area contributed by atoms with E-state index in [2.05, 4.69) is 5.32 Å². The van der Waals surface area contributed by atoms with Crippen LogP contribution in [-0.2, 0) is 11.3 Å². The summed E-state index contributed by atoms with van der Waals surface area (Å²) in [6.07, 6.45) is 1.93. The number of rotatable bonds is 10. The standard InChI is InChI=1S/C13H22N2O3S2/c1-11-10-20-13(18)15(11)6-2-4-12(17)14-5-9-19-8-3-7-16/h10,16H,2-9H2,1H3,(H,14,17). The molecule has 7 heteroatoms. The zero-order valence-corrected chi connectivity index (χ0v) is 13.4. The lowest BCUT2D eigenvalue weighted by Crippen LogP contribution is -2.26. The molecule has 1 aromatic heterocycles. The van der Waals surface area contributed by atoms with Gasteiger partial charge in [0, 0.05) is 42.9 Å². The molecule has 0 bridgehead atoms. The number of aryl methyl sites for hydroxylation is 1. The van der Waals surface area contributed by atoms with E-state index in [1.165, 1.54) is 11.3 Å². The number of amides is 1. The average Bonchev–Trinajstić information content (AvgIpc) is 2.74. The monoisotopic (exact) mass is 318 g/mol. The highest BCUT2D eigenvalue weighted by Crippen LogP contribution is 2.03. The third kappa shape index (κ3) is 6.58. The minimum Gasteiger partial charge on any atom is -0.396 e. The lowest BCUT2D eigenvalue weighted by molar-refractivity contribution is -0.121. The van der Waals surface area contributed by atoms with Crippen molar-refractivity contribution in [2.24, 2.45) is 0 Å². The van der Waals surface area contributed by atoms with Crippen LogP contribution < -0.4 is 10.2 Å². The Hall–Kier alpha value is -0.790. The summed E-state index contributed by atoms with van der Waals surface area (Å²) in [4.78, 5) is 23.1. The van der Waals surface area contributed by atoms with Gasteiger partial charge in [-0.3, -0.25) is 9.59 Å². The Kier molecular flexibility index (Phi) is 8.64. The van der Waals surface area contributed by atoms with Gasteiger partial charge < -0.3 is 15.0 Å². The fraction of sp³-hybridized carbons (Fsp3) is 0.692. The molecule has 0 aromatic carbocycles. The van der Waals surface area contributed by atoms with Crippen LogP contribution in [0.25, 0.3) is 0 Å². The normalized spacial score (nSPS) is 10.7. The van der Waals surface area contributed by atoms with Crippen molar-refractivity contribution < 1.29 is 9.90 Å². The molecule has 0 radical (unpaired) electrons. The van der Waals surface area contributed by atoms with Crippen LogP contribution in [0.15, 0.2) is 10.2 Å². The molecule has 20 heavy (non-hydrogen) atoms. The second-order valence-corrected chi connectivity index (χ2v) is 6.48. The highest BCUT2D eigenvalue weighted by Gasteiger charge is 2.04. The maximum absolute atomic E-state index is 11.6. The highest BCUT2D eigenvalue weighted by molar-refractivity contribution is 7.99. The molecule has 114 valence electrons. The first-order valence-electron chi connectivity index (χ1n) is 6.75. The Morgan fingerprint density at radius 3 is 2.90 bits per heavy atom. The number of carbonyl (C=O) groups is 1. The second-order valence-electron chi connectivity index (χ2n) is 4.44. The SMILES string of the molecule is Cc1csc(=O)n1CCCC(=O)NCCSCCCO. The zero-order chi connectivity index (χ0) is 14.8. The lowest BCUT2D eigenvalue weighted by Gasteiger charge is -2.06. The van der Waals surface area contributed by atoms with Crippen LogP contribution in [0.4, 0.5) is 0 Å². The summed E-state index contributed by atoms with van der Waals surface area (Å²) in [5, 5.41) is 13.3. The van der Waals surface area contributed by atoms with Crippen LogP contribution in [0.2, 0.25) is 0 Å². The number of aliphatic hydroxyl groups excluding tert-OH is 1. The van der Waals surface area contributed by atoms with Crippen molar-refractivity contribution in [2.75, 3.05) is 24.7 Å². The molecule has 0 aliphatic heterocycles. The smallest absolute Gasteiger partial charge is 0.307 e. The van der Waals surface area contributed by atoms with E-state index >= 15 is 0 Å². The fourth-order valence-corrected chi connectivity index (χ4v) is 3.24. The van der Waals surface area contributed by atoms with Gasteiger partial charge in [-0.25, -0.2) is 0 Å². The van der Waals surface area contributed by atoms with Crippen molar-refractivity contribution in [1.82, 2.24) is 9.88 Å². The van der Waals surface area contributed by atoms with Crippen molar-refractivity contribution in [3.05, 3.63) is 20.7 Å². The molecule has 0 saturated heterocycles. The second kappa shape index (κ2) is 10.0. The van der Waals surface area contributed by atoms with Crippen LogP contribution in [0.1, 0.15) is 25.0 Å². The first kappa shape index (κ1) is 17.3. The van der Waals surface area contributed by atoms with E-state index in [4.69, 9.17) is 5.11 Å². The van der Waals surface area contributed by atoms with Gasteiger partial charge in [0.1, 0.15) is 0 Å². The van der Waals surface area contributed by atoms with E-state index in [1.54, 1.807) is 16.3 Å². The molecule has 5 nitrogen and oxygen atoms in total. The molecular weight excluding hydrogens is 296 g/mol. The Morgan fingerprint density at radius 1 is 1.45 bits per heavy atom. The maximum Gasteiger partial charge on any atom is 0.307 e. The number of hydrogen-bond acceptors (Lipinski definition) is 5. The molecule has 2 N–H and O–H groups in total. The number of thiazole rings is 1. The Morgan fingerprint density at radius 2 is 2.25 bits per heavy atom. The summed E-state index contributed by atoms with van der Waals surface area (Å²) in [6.45, 7) is 3.39. The van der Waals surface area contributed by atoms with Crippen molar-refractivity contribution in [2.45, 2.75) is 32.7 Å². The quantitative estimate of drug-likeness (QED) is 0.637. The van der Waals surface area contributed by atoms with Crippen LogP contribution >= 0.6 is 23.1 Å². The molecule has 0 spiro atoms. The van der Waals surface area contributed by atoms with E-state index in [9.17, 15) is 9.59 Å². The van der Waals surface area contributed by atoms with Crippen molar-refractivity contribution in [3.8, 4) is 0 Å². The summed E-state index contributed by atoms with van der Waals surface area (Å²) in [7, 11) is 0. The molecule has 1 rings (SSSR count). The van der Waals surface area contributed by atoms with Gasteiger partial charge in [0.05, 0.1) is 0 Å².